The summed E-state index contributed by atoms with van der Waals surface area (Å²) >= 11 is 1.31. The van der Waals surface area contributed by atoms with Crippen LogP contribution in [-0.4, -0.2) is 38.8 Å². The molecule has 0 fully saturated rings. The molecule has 3 aromatic rings. The Hall–Kier alpha value is -3.52. The number of non-ortho nitro benzene ring substituents is 1. The van der Waals surface area contributed by atoms with Crippen LogP contribution < -0.4 is 0 Å². The van der Waals surface area contributed by atoms with Gasteiger partial charge in [0.05, 0.1) is 22.7 Å². The van der Waals surface area contributed by atoms with Crippen LogP contribution in [-0.2, 0) is 6.42 Å². The lowest BCUT2D eigenvalue weighted by Gasteiger charge is -2.18. The summed E-state index contributed by atoms with van der Waals surface area (Å²) in [6.07, 6.45) is 0.778. The molecular weight excluding hydrogens is 388 g/mol. The van der Waals surface area contributed by atoms with Crippen LogP contribution in [0.3, 0.4) is 0 Å². The van der Waals surface area contributed by atoms with Crippen molar-refractivity contribution in [3.8, 4) is 11.3 Å². The van der Waals surface area contributed by atoms with Gasteiger partial charge in [-0.1, -0.05) is 42.5 Å². The third kappa shape index (κ3) is 3.88. The minimum absolute atomic E-state index is 0.000177. The maximum absolute atomic E-state index is 11.0. The van der Waals surface area contributed by atoms with Crippen LogP contribution in [0, 0.1) is 15.5 Å². The molecule has 0 amide bonds. The van der Waals surface area contributed by atoms with Gasteiger partial charge in [-0.15, -0.1) is 11.3 Å². The standard InChI is InChI=1S/C21H18N4O3S/c22-20-19(18(26)12-24(20)10-9-14-5-2-1-3-6-14)21-23-17(13-29-21)15-7-4-8-16(11-15)25(27)28/h1-8,11,13,22,26H,9-10,12H2. The normalized spacial score (nSPS) is 13.9. The predicted molar refractivity (Wildman–Crippen MR) is 113 cm³/mol. The van der Waals surface area contributed by atoms with Crippen molar-refractivity contribution in [3.63, 3.8) is 0 Å². The molecule has 4 rings (SSSR count). The lowest BCUT2D eigenvalue weighted by Crippen LogP contribution is -2.28. The Bertz CT molecular complexity index is 1110. The van der Waals surface area contributed by atoms with Crippen LogP contribution in [0.1, 0.15) is 10.6 Å². The second-order valence-electron chi connectivity index (χ2n) is 6.67. The lowest BCUT2D eigenvalue weighted by atomic mass is 10.1. The molecule has 146 valence electrons. The number of nitro benzene ring substituents is 1. The quantitative estimate of drug-likeness (QED) is 0.463. The minimum atomic E-state index is -0.442. The van der Waals surface area contributed by atoms with E-state index >= 15 is 0 Å². The van der Waals surface area contributed by atoms with Crippen molar-refractivity contribution < 1.29 is 10.0 Å². The van der Waals surface area contributed by atoms with E-state index in [4.69, 9.17) is 5.41 Å². The fourth-order valence-electron chi connectivity index (χ4n) is 3.26. The largest absolute Gasteiger partial charge is 0.510 e. The highest BCUT2D eigenvalue weighted by molar-refractivity contribution is 7.11. The molecule has 0 unspecified atom stereocenters. The average Bonchev–Trinajstić information content (AvgIpc) is 3.31. The van der Waals surface area contributed by atoms with Crippen molar-refractivity contribution in [2.75, 3.05) is 13.1 Å². The first-order chi connectivity index (χ1) is 14.0. The Kier molecular flexibility index (Phi) is 5.09. The topological polar surface area (TPSA) is 103 Å². The van der Waals surface area contributed by atoms with E-state index in [1.807, 2.05) is 35.2 Å². The van der Waals surface area contributed by atoms with Crippen LogP contribution in [0.5, 0.6) is 0 Å². The van der Waals surface area contributed by atoms with E-state index < -0.39 is 4.92 Å². The van der Waals surface area contributed by atoms with E-state index in [0.717, 1.165) is 6.42 Å². The molecule has 0 aliphatic carbocycles. The summed E-state index contributed by atoms with van der Waals surface area (Å²) in [6, 6.07) is 16.3. The van der Waals surface area contributed by atoms with Crippen molar-refractivity contribution in [1.29, 1.82) is 5.41 Å². The number of amidine groups is 1. The number of aliphatic hydroxyl groups excluding tert-OH is 1. The zero-order valence-corrected chi connectivity index (χ0v) is 16.2. The maximum atomic E-state index is 11.0. The summed E-state index contributed by atoms with van der Waals surface area (Å²) in [6.45, 7) is 0.909. The van der Waals surface area contributed by atoms with Gasteiger partial charge in [0.25, 0.3) is 5.69 Å². The first kappa shape index (κ1) is 18.8. The molecular formula is C21H18N4O3S. The number of thiazole rings is 1. The van der Waals surface area contributed by atoms with Gasteiger partial charge in [0, 0.05) is 29.6 Å². The summed E-state index contributed by atoms with van der Waals surface area (Å²) < 4.78 is 0. The number of hydrogen-bond acceptors (Lipinski definition) is 6. The second kappa shape index (κ2) is 7.84. The number of nitro groups is 1. The van der Waals surface area contributed by atoms with Gasteiger partial charge in [-0.05, 0) is 12.0 Å². The maximum Gasteiger partial charge on any atom is 0.270 e. The van der Waals surface area contributed by atoms with Crippen molar-refractivity contribution >= 4 is 28.4 Å². The highest BCUT2D eigenvalue weighted by Crippen LogP contribution is 2.33. The molecule has 1 aliphatic heterocycles. The number of rotatable bonds is 6. The molecule has 0 radical (unpaired) electrons. The Morgan fingerprint density at radius 1 is 1.21 bits per heavy atom. The average molecular weight is 406 g/mol. The Morgan fingerprint density at radius 3 is 2.76 bits per heavy atom. The van der Waals surface area contributed by atoms with Gasteiger partial charge in [0.2, 0.25) is 0 Å². The van der Waals surface area contributed by atoms with Gasteiger partial charge >= 0.3 is 0 Å². The zero-order valence-electron chi connectivity index (χ0n) is 15.4. The van der Waals surface area contributed by atoms with E-state index in [-0.39, 0.29) is 23.8 Å². The highest BCUT2D eigenvalue weighted by atomic mass is 32.1. The van der Waals surface area contributed by atoms with Gasteiger partial charge in [0.15, 0.2) is 0 Å². The summed E-state index contributed by atoms with van der Waals surface area (Å²) in [4.78, 5) is 16.9. The number of aliphatic hydroxyl groups is 1. The molecule has 2 N–H and O–H groups in total. The lowest BCUT2D eigenvalue weighted by molar-refractivity contribution is -0.384. The van der Waals surface area contributed by atoms with E-state index in [1.54, 1.807) is 17.5 Å². The van der Waals surface area contributed by atoms with Crippen molar-refractivity contribution in [1.82, 2.24) is 9.88 Å². The molecule has 0 atom stereocenters. The molecule has 7 nitrogen and oxygen atoms in total. The molecule has 2 heterocycles. The van der Waals surface area contributed by atoms with Crippen LogP contribution >= 0.6 is 11.3 Å². The van der Waals surface area contributed by atoms with Crippen LogP contribution in [0.25, 0.3) is 16.8 Å². The van der Waals surface area contributed by atoms with E-state index in [1.165, 1.54) is 29.0 Å². The Labute approximate surface area is 171 Å². The van der Waals surface area contributed by atoms with Crippen molar-refractivity contribution in [2.45, 2.75) is 6.42 Å². The molecule has 1 aliphatic rings. The molecule has 0 saturated carbocycles. The Balaban J connectivity index is 1.51. The van der Waals surface area contributed by atoms with E-state index in [9.17, 15) is 15.2 Å². The first-order valence-corrected chi connectivity index (χ1v) is 9.91. The monoisotopic (exact) mass is 406 g/mol. The smallest absolute Gasteiger partial charge is 0.270 e. The SMILES string of the molecule is N=C1C(c2nc(-c3cccc([N+](=O)[O-])c3)cs2)=C(O)CN1CCc1ccccc1. The molecule has 0 saturated heterocycles. The van der Waals surface area contributed by atoms with Gasteiger partial charge in [-0.3, -0.25) is 15.5 Å². The molecule has 1 aromatic heterocycles. The van der Waals surface area contributed by atoms with Crippen LogP contribution in [0.15, 0.2) is 65.7 Å². The summed E-state index contributed by atoms with van der Waals surface area (Å²) in [5.74, 6) is 0.376. The van der Waals surface area contributed by atoms with E-state index in [2.05, 4.69) is 4.98 Å². The molecule has 8 heteroatoms. The van der Waals surface area contributed by atoms with Crippen LogP contribution in [0.2, 0.25) is 0 Å². The fourth-order valence-corrected chi connectivity index (χ4v) is 4.15. The molecule has 2 aromatic carbocycles. The zero-order chi connectivity index (χ0) is 20.4. The highest BCUT2D eigenvalue weighted by Gasteiger charge is 2.30. The summed E-state index contributed by atoms with van der Waals surface area (Å²) in [5.41, 5.74) is 2.83. The fraction of sp³-hybridized carbons (Fsp3) is 0.143. The van der Waals surface area contributed by atoms with Gasteiger partial charge in [-0.2, -0.15) is 0 Å². The van der Waals surface area contributed by atoms with Crippen LogP contribution in [0.4, 0.5) is 5.69 Å². The van der Waals surface area contributed by atoms with Gasteiger partial charge in [-0.25, -0.2) is 4.98 Å². The Morgan fingerprint density at radius 2 is 2.00 bits per heavy atom. The van der Waals surface area contributed by atoms with Gasteiger partial charge in [0.1, 0.15) is 16.6 Å². The number of nitrogens with zero attached hydrogens (tertiary/aromatic N) is 3. The number of benzene rings is 2. The second-order valence-corrected chi connectivity index (χ2v) is 7.53. The number of hydrogen-bond donors (Lipinski definition) is 2. The van der Waals surface area contributed by atoms with Crippen molar-refractivity contribution in [3.05, 3.63) is 86.4 Å². The third-order valence-electron chi connectivity index (χ3n) is 4.77. The van der Waals surface area contributed by atoms with E-state index in [0.29, 0.717) is 28.4 Å². The third-order valence-corrected chi connectivity index (χ3v) is 5.63. The molecule has 0 bridgehead atoms. The first-order valence-electron chi connectivity index (χ1n) is 9.03. The predicted octanol–water partition coefficient (Wildman–Crippen LogP) is 4.52. The summed E-state index contributed by atoms with van der Waals surface area (Å²) in [5, 5.41) is 32.3. The summed E-state index contributed by atoms with van der Waals surface area (Å²) in [7, 11) is 0. The molecule has 0 spiro atoms. The molecule has 29 heavy (non-hydrogen) atoms. The van der Waals surface area contributed by atoms with Gasteiger partial charge < -0.3 is 10.0 Å². The minimum Gasteiger partial charge on any atom is -0.510 e. The number of aromatic nitrogens is 1. The number of nitrogens with one attached hydrogen (secondary N) is 1. The van der Waals surface area contributed by atoms with Crippen molar-refractivity contribution in [2.24, 2.45) is 0 Å².